The fourth-order valence-corrected chi connectivity index (χ4v) is 3.86. The summed E-state index contributed by atoms with van der Waals surface area (Å²) in [6.45, 7) is 8.81. The maximum Gasteiger partial charge on any atom is 0.191 e. The van der Waals surface area contributed by atoms with Crippen LogP contribution < -0.4 is 15.4 Å². The Kier molecular flexibility index (Phi) is 11.4. The number of halogens is 1. The number of benzene rings is 1. The van der Waals surface area contributed by atoms with Crippen LogP contribution in [0.25, 0.3) is 0 Å². The number of ether oxygens (including phenoxy) is 2. The number of nitrogens with zero attached hydrogens (tertiary/aromatic N) is 3. The van der Waals surface area contributed by atoms with Gasteiger partial charge in [-0.2, -0.15) is 0 Å². The molecule has 30 heavy (non-hydrogen) atoms. The Balaban J connectivity index is 0.00000320. The van der Waals surface area contributed by atoms with Crippen molar-refractivity contribution in [2.45, 2.75) is 19.9 Å². The van der Waals surface area contributed by atoms with Crippen molar-refractivity contribution in [3.8, 4) is 5.75 Å². The fourth-order valence-electron chi connectivity index (χ4n) is 3.07. The molecule has 1 saturated heterocycles. The molecule has 1 aliphatic rings. The van der Waals surface area contributed by atoms with Crippen LogP contribution in [0.5, 0.6) is 5.75 Å². The quantitative estimate of drug-likeness (QED) is 0.287. The number of nitrogens with one attached hydrogen (secondary N) is 2. The van der Waals surface area contributed by atoms with Gasteiger partial charge in [0.05, 0.1) is 18.2 Å². The SMILES string of the molecule is CN=C(NCCc1ncc(C)s1)NCc1cccc(OCCN2CCOCC2)c1.I. The van der Waals surface area contributed by atoms with Crippen LogP contribution in [0.3, 0.4) is 0 Å². The maximum atomic E-state index is 5.94. The van der Waals surface area contributed by atoms with Gasteiger partial charge in [-0.05, 0) is 24.6 Å². The predicted octanol–water partition coefficient (Wildman–Crippen LogP) is 2.69. The third-order valence-electron chi connectivity index (χ3n) is 4.66. The van der Waals surface area contributed by atoms with Crippen LogP contribution in [-0.2, 0) is 17.7 Å². The molecule has 0 atom stereocenters. The second-order valence-electron chi connectivity index (χ2n) is 6.92. The van der Waals surface area contributed by atoms with E-state index in [2.05, 4.69) is 44.6 Å². The zero-order valence-electron chi connectivity index (χ0n) is 17.7. The van der Waals surface area contributed by atoms with Crippen LogP contribution in [0.4, 0.5) is 0 Å². The van der Waals surface area contributed by atoms with E-state index in [-0.39, 0.29) is 24.0 Å². The Morgan fingerprint density at radius 1 is 1.30 bits per heavy atom. The zero-order valence-corrected chi connectivity index (χ0v) is 20.9. The Bertz CT molecular complexity index is 780. The number of aryl methyl sites for hydroxylation is 1. The molecule has 1 aliphatic heterocycles. The monoisotopic (exact) mass is 545 g/mol. The molecule has 0 saturated carbocycles. The number of aromatic nitrogens is 1. The summed E-state index contributed by atoms with van der Waals surface area (Å²) in [6.07, 6.45) is 2.81. The minimum atomic E-state index is 0. The predicted molar refractivity (Wildman–Crippen MR) is 133 cm³/mol. The van der Waals surface area contributed by atoms with Gasteiger partial charge in [0, 0.05) is 57.3 Å². The first-order chi connectivity index (χ1) is 14.2. The summed E-state index contributed by atoms with van der Waals surface area (Å²) in [5.74, 6) is 1.69. The van der Waals surface area contributed by atoms with Crippen molar-refractivity contribution in [1.29, 1.82) is 0 Å². The van der Waals surface area contributed by atoms with Crippen molar-refractivity contribution in [2.24, 2.45) is 4.99 Å². The lowest BCUT2D eigenvalue weighted by molar-refractivity contribution is 0.0322. The highest BCUT2D eigenvalue weighted by molar-refractivity contribution is 14.0. The van der Waals surface area contributed by atoms with Crippen LogP contribution in [0.2, 0.25) is 0 Å². The lowest BCUT2D eigenvalue weighted by atomic mass is 10.2. The van der Waals surface area contributed by atoms with Gasteiger partial charge >= 0.3 is 0 Å². The van der Waals surface area contributed by atoms with Gasteiger partial charge in [0.2, 0.25) is 0 Å². The molecule has 0 radical (unpaired) electrons. The second-order valence-corrected chi connectivity index (χ2v) is 8.24. The number of thiazole rings is 1. The Hall–Kier alpha value is -1.43. The summed E-state index contributed by atoms with van der Waals surface area (Å²) in [5.41, 5.74) is 1.16. The minimum Gasteiger partial charge on any atom is -0.492 e. The van der Waals surface area contributed by atoms with Gasteiger partial charge in [-0.1, -0.05) is 12.1 Å². The molecule has 2 aromatic rings. The first-order valence-corrected chi connectivity index (χ1v) is 10.9. The van der Waals surface area contributed by atoms with Crippen molar-refractivity contribution in [3.63, 3.8) is 0 Å². The molecule has 2 N–H and O–H groups in total. The first-order valence-electron chi connectivity index (χ1n) is 10.1. The number of aliphatic imine (C=N–C) groups is 1. The van der Waals surface area contributed by atoms with E-state index in [1.54, 1.807) is 18.4 Å². The second kappa shape index (κ2) is 13.8. The van der Waals surface area contributed by atoms with Gasteiger partial charge in [-0.25, -0.2) is 4.98 Å². The van der Waals surface area contributed by atoms with Gasteiger partial charge in [0.1, 0.15) is 12.4 Å². The topological polar surface area (TPSA) is 71.0 Å². The molecule has 0 aliphatic carbocycles. The number of morpholine rings is 1. The fraction of sp³-hybridized carbons (Fsp3) is 0.524. The van der Waals surface area contributed by atoms with E-state index in [4.69, 9.17) is 9.47 Å². The highest BCUT2D eigenvalue weighted by atomic mass is 127. The molecule has 3 rings (SSSR count). The average molecular weight is 545 g/mol. The standard InChI is InChI=1S/C21H31N5O2S.HI/c1-17-15-24-20(29-17)6-7-23-21(22-2)25-16-18-4-3-5-19(14-18)28-13-10-26-8-11-27-12-9-26;/h3-5,14-15H,6-13,16H2,1-2H3,(H2,22,23,25);1H. The van der Waals surface area contributed by atoms with Crippen molar-refractivity contribution in [1.82, 2.24) is 20.5 Å². The average Bonchev–Trinajstić information content (AvgIpc) is 3.16. The normalized spacial score (nSPS) is 14.8. The number of hydrogen-bond acceptors (Lipinski definition) is 6. The van der Waals surface area contributed by atoms with Gasteiger partial charge in [0.15, 0.2) is 5.96 Å². The Morgan fingerprint density at radius 3 is 2.87 bits per heavy atom. The Labute approximate surface area is 200 Å². The molecular formula is C21H32IN5O2S. The highest BCUT2D eigenvalue weighted by Crippen LogP contribution is 2.13. The number of hydrogen-bond donors (Lipinski definition) is 2. The summed E-state index contributed by atoms with van der Waals surface area (Å²) < 4.78 is 11.3. The van der Waals surface area contributed by atoms with Gasteiger partial charge in [0.25, 0.3) is 0 Å². The van der Waals surface area contributed by atoms with Gasteiger partial charge < -0.3 is 20.1 Å². The van der Waals surface area contributed by atoms with Crippen molar-refractivity contribution >= 4 is 41.3 Å². The smallest absolute Gasteiger partial charge is 0.191 e. The van der Waals surface area contributed by atoms with Crippen LogP contribution >= 0.6 is 35.3 Å². The third-order valence-corrected chi connectivity index (χ3v) is 5.63. The molecule has 0 unspecified atom stereocenters. The lowest BCUT2D eigenvalue weighted by Crippen LogP contribution is -2.38. The van der Waals surface area contributed by atoms with E-state index in [1.807, 2.05) is 18.3 Å². The van der Waals surface area contributed by atoms with E-state index in [0.717, 1.165) is 68.1 Å². The van der Waals surface area contributed by atoms with E-state index in [9.17, 15) is 0 Å². The van der Waals surface area contributed by atoms with Gasteiger partial charge in [-0.15, -0.1) is 35.3 Å². The maximum absolute atomic E-state index is 5.94. The van der Waals surface area contributed by atoms with E-state index < -0.39 is 0 Å². The number of guanidine groups is 1. The summed E-state index contributed by atoms with van der Waals surface area (Å²) in [4.78, 5) is 12.3. The van der Waals surface area contributed by atoms with Crippen LogP contribution in [0, 0.1) is 6.92 Å². The Morgan fingerprint density at radius 2 is 2.13 bits per heavy atom. The highest BCUT2D eigenvalue weighted by Gasteiger charge is 2.09. The van der Waals surface area contributed by atoms with Crippen molar-refractivity contribution < 1.29 is 9.47 Å². The number of rotatable bonds is 9. The molecule has 2 heterocycles. The molecule has 166 valence electrons. The van der Waals surface area contributed by atoms with E-state index in [1.165, 1.54) is 4.88 Å². The first kappa shape index (κ1) is 24.8. The van der Waals surface area contributed by atoms with Crippen LogP contribution in [-0.4, -0.2) is 68.9 Å². The summed E-state index contributed by atoms with van der Waals surface area (Å²) in [7, 11) is 1.79. The van der Waals surface area contributed by atoms with Gasteiger partial charge in [-0.3, -0.25) is 9.89 Å². The summed E-state index contributed by atoms with van der Waals surface area (Å²) in [6, 6.07) is 8.21. The molecule has 1 fully saturated rings. The van der Waals surface area contributed by atoms with Crippen LogP contribution in [0.1, 0.15) is 15.4 Å². The summed E-state index contributed by atoms with van der Waals surface area (Å²) in [5, 5.41) is 7.84. The molecule has 0 spiro atoms. The van der Waals surface area contributed by atoms with Crippen molar-refractivity contribution in [2.75, 3.05) is 53.0 Å². The third kappa shape index (κ3) is 8.75. The molecule has 1 aromatic carbocycles. The summed E-state index contributed by atoms with van der Waals surface area (Å²) >= 11 is 1.74. The van der Waals surface area contributed by atoms with Crippen LogP contribution in [0.15, 0.2) is 35.5 Å². The molecular weight excluding hydrogens is 513 g/mol. The zero-order chi connectivity index (χ0) is 20.3. The molecule has 0 amide bonds. The molecule has 9 heteroatoms. The molecule has 1 aromatic heterocycles. The molecule has 0 bridgehead atoms. The minimum absolute atomic E-state index is 0. The van der Waals surface area contributed by atoms with E-state index >= 15 is 0 Å². The largest absolute Gasteiger partial charge is 0.492 e. The van der Waals surface area contributed by atoms with E-state index in [0.29, 0.717) is 13.2 Å². The lowest BCUT2D eigenvalue weighted by Gasteiger charge is -2.26. The molecule has 7 nitrogen and oxygen atoms in total. The van der Waals surface area contributed by atoms with Crippen molar-refractivity contribution in [3.05, 3.63) is 45.9 Å².